The van der Waals surface area contributed by atoms with Crippen LogP contribution in [0.2, 0.25) is 0 Å². The van der Waals surface area contributed by atoms with Crippen molar-refractivity contribution < 1.29 is 14.7 Å². The molecule has 5 nitrogen and oxygen atoms in total. The summed E-state index contributed by atoms with van der Waals surface area (Å²) in [5, 5.41) is 20.2. The van der Waals surface area contributed by atoms with Gasteiger partial charge in [0, 0.05) is 11.6 Å². The van der Waals surface area contributed by atoms with Gasteiger partial charge >= 0.3 is 5.97 Å². The molecule has 0 aromatic heterocycles. The van der Waals surface area contributed by atoms with Crippen LogP contribution in [0.25, 0.3) is 0 Å². The molecule has 2 N–H and O–H groups in total. The molecule has 2 rings (SSSR count). The Hall–Kier alpha value is -2.35. The van der Waals surface area contributed by atoms with Crippen LogP contribution < -0.4 is 5.32 Å². The molecule has 1 amide bonds. The van der Waals surface area contributed by atoms with Crippen molar-refractivity contribution in [3.8, 4) is 6.07 Å². The second-order valence-electron chi connectivity index (χ2n) is 5.05. The van der Waals surface area contributed by atoms with Gasteiger partial charge in [-0.25, -0.2) is 0 Å². The van der Waals surface area contributed by atoms with E-state index in [1.165, 1.54) is 0 Å². The summed E-state index contributed by atoms with van der Waals surface area (Å²) in [6.07, 6.45) is 2.22. The molecule has 5 heteroatoms. The van der Waals surface area contributed by atoms with Crippen LogP contribution in [-0.4, -0.2) is 23.0 Å². The molecule has 0 radical (unpaired) electrons. The van der Waals surface area contributed by atoms with Gasteiger partial charge in [-0.2, -0.15) is 5.26 Å². The molecule has 0 bridgehead atoms. The zero-order valence-electron chi connectivity index (χ0n) is 11.0. The first-order valence-electron chi connectivity index (χ1n) is 6.58. The van der Waals surface area contributed by atoms with Crippen molar-refractivity contribution in [2.75, 3.05) is 0 Å². The molecular weight excluding hydrogens is 256 g/mol. The molecule has 20 heavy (non-hydrogen) atoms. The first kappa shape index (κ1) is 14.1. The highest BCUT2D eigenvalue weighted by atomic mass is 16.4. The molecule has 1 aliphatic carbocycles. The summed E-state index contributed by atoms with van der Waals surface area (Å²) in [6, 6.07) is 8.55. The van der Waals surface area contributed by atoms with Gasteiger partial charge in [-0.1, -0.05) is 12.1 Å². The SMILES string of the molecule is N#CCc1ccc(C(=O)NC(CC(=O)O)C2CC2)cc1. The highest BCUT2D eigenvalue weighted by Crippen LogP contribution is 2.34. The Morgan fingerprint density at radius 3 is 2.50 bits per heavy atom. The summed E-state index contributed by atoms with van der Waals surface area (Å²) in [5.41, 5.74) is 1.34. The number of hydrogen-bond donors (Lipinski definition) is 2. The first-order chi connectivity index (χ1) is 9.60. The maximum atomic E-state index is 12.1. The lowest BCUT2D eigenvalue weighted by Gasteiger charge is -2.16. The van der Waals surface area contributed by atoms with E-state index in [9.17, 15) is 9.59 Å². The Bertz CT molecular complexity index is 541. The molecule has 1 aliphatic rings. The maximum absolute atomic E-state index is 12.1. The van der Waals surface area contributed by atoms with E-state index in [1.54, 1.807) is 24.3 Å². The molecule has 0 aliphatic heterocycles. The maximum Gasteiger partial charge on any atom is 0.305 e. The number of nitrogens with one attached hydrogen (secondary N) is 1. The van der Waals surface area contributed by atoms with Crippen LogP contribution in [0.1, 0.15) is 35.2 Å². The van der Waals surface area contributed by atoms with Crippen LogP contribution in [0.3, 0.4) is 0 Å². The zero-order chi connectivity index (χ0) is 14.5. The van der Waals surface area contributed by atoms with Gasteiger partial charge < -0.3 is 10.4 Å². The van der Waals surface area contributed by atoms with Crippen molar-refractivity contribution in [1.82, 2.24) is 5.32 Å². The third-order valence-corrected chi connectivity index (χ3v) is 3.40. The van der Waals surface area contributed by atoms with Gasteiger partial charge in [0.1, 0.15) is 0 Å². The summed E-state index contributed by atoms with van der Waals surface area (Å²) in [7, 11) is 0. The smallest absolute Gasteiger partial charge is 0.305 e. The summed E-state index contributed by atoms with van der Waals surface area (Å²) < 4.78 is 0. The van der Waals surface area contributed by atoms with E-state index in [-0.39, 0.29) is 24.3 Å². The lowest BCUT2D eigenvalue weighted by Crippen LogP contribution is -2.38. The minimum absolute atomic E-state index is 0.0388. The number of carboxylic acid groups (broad SMARTS) is 1. The number of carbonyl (C=O) groups excluding carboxylic acids is 1. The van der Waals surface area contributed by atoms with E-state index < -0.39 is 5.97 Å². The van der Waals surface area contributed by atoms with Gasteiger partial charge in [-0.05, 0) is 36.5 Å². The number of hydrogen-bond acceptors (Lipinski definition) is 3. The number of aliphatic carboxylic acids is 1. The molecule has 1 aromatic rings. The second-order valence-corrected chi connectivity index (χ2v) is 5.05. The van der Waals surface area contributed by atoms with Crippen LogP contribution in [0.5, 0.6) is 0 Å². The van der Waals surface area contributed by atoms with Crippen molar-refractivity contribution >= 4 is 11.9 Å². The fourth-order valence-electron chi connectivity index (χ4n) is 2.14. The summed E-state index contributed by atoms with van der Waals surface area (Å²) >= 11 is 0. The van der Waals surface area contributed by atoms with Crippen LogP contribution in [0.4, 0.5) is 0 Å². The number of amides is 1. The van der Waals surface area contributed by atoms with Gasteiger partial charge in [0.2, 0.25) is 0 Å². The highest BCUT2D eigenvalue weighted by Gasteiger charge is 2.33. The van der Waals surface area contributed by atoms with Gasteiger partial charge in [-0.15, -0.1) is 0 Å². The van der Waals surface area contributed by atoms with E-state index in [2.05, 4.69) is 5.32 Å². The molecule has 0 heterocycles. The van der Waals surface area contributed by atoms with Crippen molar-refractivity contribution in [2.24, 2.45) is 5.92 Å². The molecule has 1 unspecified atom stereocenters. The van der Waals surface area contributed by atoms with Crippen LogP contribution >= 0.6 is 0 Å². The number of carbonyl (C=O) groups is 2. The topological polar surface area (TPSA) is 90.2 Å². The van der Waals surface area contributed by atoms with Gasteiger partial charge in [0.05, 0.1) is 18.9 Å². The van der Waals surface area contributed by atoms with Crippen LogP contribution in [0.15, 0.2) is 24.3 Å². The van der Waals surface area contributed by atoms with Crippen molar-refractivity contribution in [3.05, 3.63) is 35.4 Å². The number of rotatable bonds is 6. The minimum Gasteiger partial charge on any atom is -0.481 e. The molecule has 1 fully saturated rings. The molecule has 0 spiro atoms. The Labute approximate surface area is 117 Å². The Balaban J connectivity index is 1.99. The monoisotopic (exact) mass is 272 g/mol. The van der Waals surface area contributed by atoms with Crippen LogP contribution in [-0.2, 0) is 11.2 Å². The molecule has 0 saturated heterocycles. The minimum atomic E-state index is -0.897. The summed E-state index contributed by atoms with van der Waals surface area (Å²) in [6.45, 7) is 0. The van der Waals surface area contributed by atoms with Gasteiger partial charge in [0.15, 0.2) is 0 Å². The number of nitrogens with zero attached hydrogens (tertiary/aromatic N) is 1. The van der Waals surface area contributed by atoms with E-state index in [0.717, 1.165) is 18.4 Å². The average Bonchev–Trinajstić information content (AvgIpc) is 3.23. The fourth-order valence-corrected chi connectivity index (χ4v) is 2.14. The standard InChI is InChI=1S/C15H16N2O3/c16-8-7-10-1-3-12(4-2-10)15(20)17-13(9-14(18)19)11-5-6-11/h1-4,11,13H,5-7,9H2,(H,17,20)(H,18,19). The van der Waals surface area contributed by atoms with E-state index in [4.69, 9.17) is 10.4 Å². The van der Waals surface area contributed by atoms with Crippen molar-refractivity contribution in [1.29, 1.82) is 5.26 Å². The third kappa shape index (κ3) is 3.82. The van der Waals surface area contributed by atoms with Crippen molar-refractivity contribution in [3.63, 3.8) is 0 Å². The fraction of sp³-hybridized carbons (Fsp3) is 0.400. The molecule has 1 aromatic carbocycles. The highest BCUT2D eigenvalue weighted by molar-refractivity contribution is 5.94. The predicted octanol–water partition coefficient (Wildman–Crippen LogP) is 1.74. The zero-order valence-corrected chi connectivity index (χ0v) is 11.0. The first-order valence-corrected chi connectivity index (χ1v) is 6.58. The number of carboxylic acids is 1. The third-order valence-electron chi connectivity index (χ3n) is 3.40. The van der Waals surface area contributed by atoms with Crippen molar-refractivity contribution in [2.45, 2.75) is 31.7 Å². The van der Waals surface area contributed by atoms with E-state index in [0.29, 0.717) is 12.0 Å². The van der Waals surface area contributed by atoms with Gasteiger partial charge in [-0.3, -0.25) is 9.59 Å². The largest absolute Gasteiger partial charge is 0.481 e. The predicted molar refractivity (Wildman–Crippen MR) is 72.0 cm³/mol. The Morgan fingerprint density at radius 2 is 2.00 bits per heavy atom. The lowest BCUT2D eigenvalue weighted by atomic mass is 10.1. The Kier molecular flexibility index (Phi) is 4.36. The lowest BCUT2D eigenvalue weighted by molar-refractivity contribution is -0.137. The quantitative estimate of drug-likeness (QED) is 0.825. The number of nitriles is 1. The van der Waals surface area contributed by atoms with E-state index in [1.807, 2.05) is 6.07 Å². The summed E-state index contributed by atoms with van der Waals surface area (Å²) in [4.78, 5) is 22.9. The molecule has 1 atom stereocenters. The van der Waals surface area contributed by atoms with Crippen LogP contribution in [0, 0.1) is 17.2 Å². The molecular formula is C15H16N2O3. The van der Waals surface area contributed by atoms with E-state index >= 15 is 0 Å². The summed E-state index contributed by atoms with van der Waals surface area (Å²) in [5.74, 6) is -0.869. The molecule has 104 valence electrons. The molecule has 1 saturated carbocycles. The number of benzene rings is 1. The normalized spacial score (nSPS) is 15.2. The second kappa shape index (κ2) is 6.20. The Morgan fingerprint density at radius 1 is 1.35 bits per heavy atom. The van der Waals surface area contributed by atoms with Gasteiger partial charge in [0.25, 0.3) is 5.91 Å². The average molecular weight is 272 g/mol.